The zero-order chi connectivity index (χ0) is 10.6. The summed E-state index contributed by atoms with van der Waals surface area (Å²) in [7, 11) is 0. The molecule has 0 atom stereocenters. The summed E-state index contributed by atoms with van der Waals surface area (Å²) in [5.74, 6) is -0.737. The fourth-order valence-electron chi connectivity index (χ4n) is 0.895. The molecule has 0 aliphatic heterocycles. The van der Waals surface area contributed by atoms with Crippen LogP contribution < -0.4 is 29.3 Å². The van der Waals surface area contributed by atoms with Crippen molar-refractivity contribution >= 4 is 17.9 Å². The fourth-order valence-corrected chi connectivity index (χ4v) is 0.895. The van der Waals surface area contributed by atoms with Crippen LogP contribution in [-0.2, 0) is 4.79 Å². The second kappa shape index (κ2) is 6.12. The van der Waals surface area contributed by atoms with E-state index in [-0.39, 0.29) is 26.0 Å². The minimum Gasteiger partial charge on any atom is -1.00 e. The van der Waals surface area contributed by atoms with Gasteiger partial charge in [-0.15, -0.1) is 0 Å². The van der Waals surface area contributed by atoms with Gasteiger partial charge in [-0.25, -0.2) is 4.79 Å². The zero-order valence-electron chi connectivity index (χ0n) is 9.27. The van der Waals surface area contributed by atoms with E-state index >= 15 is 0 Å². The first-order valence-electron chi connectivity index (χ1n) is 3.83. The second-order valence-electron chi connectivity index (χ2n) is 2.59. The first kappa shape index (κ1) is 13.6. The molecule has 1 aromatic carbocycles. The SMILES string of the molecule is Nc1cc(OCC(=O)O)ccc1C=O.[H-].[Li+]. The summed E-state index contributed by atoms with van der Waals surface area (Å²) in [5, 5.41) is 8.33. The average molecular weight is 203 g/mol. The molecule has 0 radical (unpaired) electrons. The molecule has 1 aromatic rings. The third kappa shape index (κ3) is 4.06. The van der Waals surface area contributed by atoms with Gasteiger partial charge < -0.3 is 17.0 Å². The van der Waals surface area contributed by atoms with Gasteiger partial charge in [-0.2, -0.15) is 0 Å². The van der Waals surface area contributed by atoms with Gasteiger partial charge in [0.2, 0.25) is 0 Å². The molecular weight excluding hydrogens is 193 g/mol. The molecule has 0 aliphatic carbocycles. The Labute approximate surface area is 99.9 Å². The Morgan fingerprint density at radius 3 is 2.73 bits per heavy atom. The van der Waals surface area contributed by atoms with E-state index in [0.29, 0.717) is 17.6 Å². The summed E-state index contributed by atoms with van der Waals surface area (Å²) in [6.07, 6.45) is 0.621. The number of nitrogens with two attached hydrogens (primary N) is 1. The van der Waals surface area contributed by atoms with E-state index in [1.807, 2.05) is 0 Å². The summed E-state index contributed by atoms with van der Waals surface area (Å²) in [6, 6.07) is 4.37. The number of carbonyl (C=O) groups is 2. The molecule has 0 aliphatic rings. The van der Waals surface area contributed by atoms with Gasteiger partial charge in [0.25, 0.3) is 0 Å². The van der Waals surface area contributed by atoms with Crippen molar-refractivity contribution in [3.05, 3.63) is 23.8 Å². The minimum absolute atomic E-state index is 0. The van der Waals surface area contributed by atoms with Gasteiger partial charge in [0.05, 0.1) is 0 Å². The van der Waals surface area contributed by atoms with Crippen molar-refractivity contribution in [2.24, 2.45) is 0 Å². The number of carboxylic acid groups (broad SMARTS) is 1. The molecule has 0 unspecified atom stereocenters. The Balaban J connectivity index is 0. The van der Waals surface area contributed by atoms with E-state index < -0.39 is 12.6 Å². The van der Waals surface area contributed by atoms with E-state index in [1.54, 1.807) is 0 Å². The Morgan fingerprint density at radius 1 is 1.60 bits per heavy atom. The number of aliphatic carboxylic acids is 1. The number of aldehydes is 1. The molecule has 1 rings (SSSR count). The molecule has 0 saturated carbocycles. The fraction of sp³-hybridized carbons (Fsp3) is 0.111. The van der Waals surface area contributed by atoms with E-state index in [1.165, 1.54) is 18.2 Å². The average Bonchev–Trinajstić information content (AvgIpc) is 2.15. The van der Waals surface area contributed by atoms with Crippen molar-refractivity contribution in [1.82, 2.24) is 0 Å². The quantitative estimate of drug-likeness (QED) is 0.325. The standard InChI is InChI=1S/C9H9NO4.Li.H/c10-8-3-7(14-5-9(12)13)2-1-6(8)4-11;;/h1-4H,5,10H2,(H,12,13);;/q;+1;-1. The van der Waals surface area contributed by atoms with Crippen LogP contribution >= 0.6 is 0 Å². The third-order valence-corrected chi connectivity index (χ3v) is 1.55. The number of ether oxygens (including phenoxy) is 1. The maximum Gasteiger partial charge on any atom is 1.00 e. The van der Waals surface area contributed by atoms with Crippen LogP contribution in [-0.4, -0.2) is 24.0 Å². The largest absolute Gasteiger partial charge is 1.00 e. The summed E-state index contributed by atoms with van der Waals surface area (Å²) in [4.78, 5) is 20.6. The number of anilines is 1. The Bertz CT molecular complexity index is 373. The molecule has 5 nitrogen and oxygen atoms in total. The summed E-state index contributed by atoms with van der Waals surface area (Å²) >= 11 is 0. The molecular formula is C9H10LiNO4. The van der Waals surface area contributed by atoms with E-state index in [4.69, 9.17) is 15.6 Å². The van der Waals surface area contributed by atoms with Gasteiger partial charge in [-0.3, -0.25) is 4.79 Å². The summed E-state index contributed by atoms with van der Waals surface area (Å²) < 4.78 is 4.85. The predicted octanol–water partition coefficient (Wildman–Crippen LogP) is -2.34. The molecule has 15 heavy (non-hydrogen) atoms. The number of nitrogen functional groups attached to an aromatic ring is 1. The van der Waals surface area contributed by atoms with Crippen molar-refractivity contribution < 1.29 is 39.7 Å². The number of rotatable bonds is 4. The van der Waals surface area contributed by atoms with Crippen LogP contribution in [0.3, 0.4) is 0 Å². The molecule has 0 fully saturated rings. The predicted molar refractivity (Wildman–Crippen MR) is 50.5 cm³/mol. The van der Waals surface area contributed by atoms with Crippen LogP contribution in [0.15, 0.2) is 18.2 Å². The molecule has 0 heterocycles. The molecule has 6 heteroatoms. The van der Waals surface area contributed by atoms with Gasteiger partial charge in [-0.05, 0) is 12.1 Å². The van der Waals surface area contributed by atoms with Crippen molar-refractivity contribution in [1.29, 1.82) is 0 Å². The number of hydrogen-bond acceptors (Lipinski definition) is 4. The maximum atomic E-state index is 10.4. The molecule has 76 valence electrons. The molecule has 0 saturated heterocycles. The van der Waals surface area contributed by atoms with Crippen LogP contribution in [0.4, 0.5) is 5.69 Å². The van der Waals surface area contributed by atoms with Gasteiger partial charge >= 0.3 is 24.8 Å². The smallest absolute Gasteiger partial charge is 1.00 e. The molecule has 0 spiro atoms. The van der Waals surface area contributed by atoms with Crippen molar-refractivity contribution in [2.45, 2.75) is 0 Å². The van der Waals surface area contributed by atoms with Gasteiger partial charge in [0.15, 0.2) is 12.9 Å². The first-order valence-corrected chi connectivity index (χ1v) is 3.83. The first-order chi connectivity index (χ1) is 6.63. The molecule has 0 aromatic heterocycles. The topological polar surface area (TPSA) is 89.6 Å². The molecule has 0 bridgehead atoms. The summed E-state index contributed by atoms with van der Waals surface area (Å²) in [6.45, 7) is -0.431. The number of carbonyl (C=O) groups excluding carboxylic acids is 1. The molecule has 0 amide bonds. The van der Waals surface area contributed by atoms with Crippen LogP contribution in [0.2, 0.25) is 0 Å². The Hall–Kier alpha value is -1.44. The monoisotopic (exact) mass is 203 g/mol. The van der Waals surface area contributed by atoms with Crippen molar-refractivity contribution in [3.8, 4) is 5.75 Å². The molecule has 3 N–H and O–H groups in total. The van der Waals surface area contributed by atoms with Crippen LogP contribution in [0.5, 0.6) is 5.75 Å². The number of benzene rings is 1. The summed E-state index contributed by atoms with van der Waals surface area (Å²) in [5.41, 5.74) is 6.10. The Morgan fingerprint density at radius 2 is 2.27 bits per heavy atom. The number of carboxylic acids is 1. The van der Waals surface area contributed by atoms with Crippen LogP contribution in [0, 0.1) is 0 Å². The van der Waals surface area contributed by atoms with Crippen molar-refractivity contribution in [2.75, 3.05) is 12.3 Å². The normalized spacial score (nSPS) is 8.80. The van der Waals surface area contributed by atoms with E-state index in [9.17, 15) is 9.59 Å². The third-order valence-electron chi connectivity index (χ3n) is 1.55. The van der Waals surface area contributed by atoms with E-state index in [0.717, 1.165) is 0 Å². The number of hydrogen-bond donors (Lipinski definition) is 2. The van der Waals surface area contributed by atoms with Gasteiger partial charge in [-0.1, -0.05) is 0 Å². The van der Waals surface area contributed by atoms with Crippen molar-refractivity contribution in [3.63, 3.8) is 0 Å². The van der Waals surface area contributed by atoms with Gasteiger partial charge in [0.1, 0.15) is 5.75 Å². The van der Waals surface area contributed by atoms with Crippen LogP contribution in [0.1, 0.15) is 11.8 Å². The Kier molecular flexibility index (Phi) is 5.53. The second-order valence-corrected chi connectivity index (χ2v) is 2.59. The van der Waals surface area contributed by atoms with E-state index in [2.05, 4.69) is 0 Å². The maximum absolute atomic E-state index is 10.4. The van der Waals surface area contributed by atoms with Crippen LogP contribution in [0.25, 0.3) is 0 Å². The minimum atomic E-state index is -1.07. The van der Waals surface area contributed by atoms with Gasteiger partial charge in [0, 0.05) is 17.3 Å². The zero-order valence-corrected chi connectivity index (χ0v) is 8.27.